The summed E-state index contributed by atoms with van der Waals surface area (Å²) in [7, 11) is 0. The summed E-state index contributed by atoms with van der Waals surface area (Å²) in [4.78, 5) is 37.8. The summed E-state index contributed by atoms with van der Waals surface area (Å²) in [6, 6.07) is 0. The first kappa shape index (κ1) is 29.1. The Morgan fingerprint density at radius 2 is 1.27 bits per heavy atom. The number of thiocarbonyl (C=S) groups is 2. The van der Waals surface area contributed by atoms with Crippen molar-refractivity contribution in [2.75, 3.05) is 32.9 Å². The van der Waals surface area contributed by atoms with Crippen molar-refractivity contribution in [3.05, 3.63) is 0 Å². The Hall–Kier alpha value is -0.910. The third-order valence-corrected chi connectivity index (χ3v) is 6.16. The number of hydrogen-bond donors (Lipinski definition) is 0. The van der Waals surface area contributed by atoms with Crippen LogP contribution in [0.4, 0.5) is 0 Å². The lowest BCUT2D eigenvalue weighted by Crippen LogP contribution is -2.39. The van der Waals surface area contributed by atoms with Crippen molar-refractivity contribution in [2.45, 2.75) is 58.0 Å². The summed E-state index contributed by atoms with van der Waals surface area (Å²) in [6.45, 7) is 12.7. The van der Waals surface area contributed by atoms with Crippen LogP contribution in [0.1, 0.15) is 48.5 Å². The van der Waals surface area contributed by atoms with Gasteiger partial charge < -0.3 is 19.1 Å². The molecule has 0 fully saturated rings. The van der Waals surface area contributed by atoms with E-state index >= 15 is 0 Å². The molecule has 0 aromatic rings. The lowest BCUT2D eigenvalue weighted by atomic mass is 10.2. The molecule has 1 amide bonds. The molecule has 0 aliphatic heterocycles. The molecule has 0 saturated heterocycles. The van der Waals surface area contributed by atoms with Crippen molar-refractivity contribution >= 4 is 74.4 Å². The summed E-state index contributed by atoms with van der Waals surface area (Å²) in [5, 5.41) is 0. The van der Waals surface area contributed by atoms with Crippen LogP contribution in [0.15, 0.2) is 0 Å². The molecule has 30 heavy (non-hydrogen) atoms. The highest BCUT2D eigenvalue weighted by atomic mass is 32.2. The second-order valence-electron chi connectivity index (χ2n) is 7.18. The Morgan fingerprint density at radius 1 is 0.833 bits per heavy atom. The fourth-order valence-corrected chi connectivity index (χ4v) is 5.03. The molecule has 0 radical (unpaired) electrons. The maximum atomic E-state index is 12.3. The zero-order valence-corrected chi connectivity index (χ0v) is 21.8. The second kappa shape index (κ2) is 13.5. The average molecular weight is 498 g/mol. The molecule has 172 valence electrons. The first-order chi connectivity index (χ1) is 13.7. The van der Waals surface area contributed by atoms with Gasteiger partial charge in [0, 0.05) is 11.1 Å². The Morgan fingerprint density at radius 3 is 1.63 bits per heavy atom. The van der Waals surface area contributed by atoms with Gasteiger partial charge in [-0.2, -0.15) is 0 Å². The first-order valence-electron chi connectivity index (χ1n) is 9.38. The number of nitrogens with zero attached hydrogens (tertiary/aromatic N) is 1. The van der Waals surface area contributed by atoms with Crippen LogP contribution in [0.2, 0.25) is 0 Å². The number of carbonyl (C=O) groups is 3. The Kier molecular flexibility index (Phi) is 13.1. The van der Waals surface area contributed by atoms with Crippen LogP contribution in [0.5, 0.6) is 0 Å². The monoisotopic (exact) mass is 497 g/mol. The lowest BCUT2D eigenvalue weighted by molar-refractivity contribution is -0.149. The van der Waals surface area contributed by atoms with Gasteiger partial charge in [0.25, 0.3) is 0 Å². The number of thioether (sulfide) groups is 2. The van der Waals surface area contributed by atoms with Crippen molar-refractivity contribution in [3.8, 4) is 0 Å². The molecule has 0 aromatic carbocycles. The van der Waals surface area contributed by atoms with Crippen molar-refractivity contribution < 1.29 is 28.6 Å². The van der Waals surface area contributed by atoms with E-state index in [1.54, 1.807) is 34.6 Å². The molecule has 0 saturated carbocycles. The van der Waals surface area contributed by atoms with E-state index < -0.39 is 21.4 Å². The fourth-order valence-electron chi connectivity index (χ4n) is 2.07. The molecule has 0 aromatic heterocycles. The largest absolute Gasteiger partial charge is 0.479 e. The topological polar surface area (TPSA) is 82.1 Å². The van der Waals surface area contributed by atoms with E-state index in [-0.39, 0.29) is 36.6 Å². The molecule has 0 unspecified atom stereocenters. The van der Waals surface area contributed by atoms with Gasteiger partial charge in [0.2, 0.25) is 10.3 Å². The molecule has 0 spiro atoms. The molecule has 11 heteroatoms. The predicted molar refractivity (Wildman–Crippen MR) is 130 cm³/mol. The van der Waals surface area contributed by atoms with Crippen molar-refractivity contribution in [3.63, 3.8) is 0 Å². The van der Waals surface area contributed by atoms with E-state index in [0.717, 1.165) is 11.8 Å². The maximum Gasteiger partial charge on any atom is 0.322 e. The van der Waals surface area contributed by atoms with Crippen LogP contribution in [0, 0.1) is 0 Å². The van der Waals surface area contributed by atoms with Crippen LogP contribution < -0.4 is 0 Å². The van der Waals surface area contributed by atoms with Gasteiger partial charge in [0.05, 0.1) is 19.7 Å². The number of esters is 2. The molecular weight excluding hydrogens is 466 g/mol. The molecule has 7 nitrogen and oxygen atoms in total. The van der Waals surface area contributed by atoms with Gasteiger partial charge in [-0.25, -0.2) is 0 Å². The lowest BCUT2D eigenvalue weighted by Gasteiger charge is -2.25. The minimum absolute atomic E-state index is 0.0171. The van der Waals surface area contributed by atoms with Gasteiger partial charge in [-0.15, -0.1) is 11.8 Å². The highest BCUT2D eigenvalue weighted by Gasteiger charge is 2.33. The predicted octanol–water partition coefficient (Wildman–Crippen LogP) is 3.61. The van der Waals surface area contributed by atoms with Gasteiger partial charge in [0.1, 0.15) is 22.7 Å². The van der Waals surface area contributed by atoms with Gasteiger partial charge in [-0.05, 0) is 53.8 Å². The summed E-state index contributed by atoms with van der Waals surface area (Å²) >= 11 is 12.4. The molecule has 0 N–H and O–H groups in total. The van der Waals surface area contributed by atoms with E-state index in [9.17, 15) is 14.4 Å². The molecule has 0 aliphatic carbocycles. The number of carbonyl (C=O) groups excluding carboxylic acids is 3. The second-order valence-corrected chi connectivity index (χ2v) is 12.1. The number of amides is 1. The normalized spacial score (nSPS) is 11.4. The Balaban J connectivity index is 4.53. The van der Waals surface area contributed by atoms with E-state index in [2.05, 4.69) is 0 Å². The highest BCUT2D eigenvalue weighted by molar-refractivity contribution is 8.24. The minimum Gasteiger partial charge on any atom is -0.479 e. The molecule has 0 atom stereocenters. The molecular formula is C19H31NO6S4. The quantitative estimate of drug-likeness (QED) is 0.312. The van der Waals surface area contributed by atoms with Crippen LogP contribution in [-0.4, -0.2) is 73.7 Å². The summed E-state index contributed by atoms with van der Waals surface area (Å²) < 4.78 is 15.0. The van der Waals surface area contributed by atoms with Gasteiger partial charge in [-0.3, -0.25) is 14.4 Å². The van der Waals surface area contributed by atoms with E-state index in [1.807, 2.05) is 6.92 Å². The minimum atomic E-state index is -0.911. The third kappa shape index (κ3) is 11.5. The van der Waals surface area contributed by atoms with Crippen LogP contribution >= 0.6 is 48.0 Å². The summed E-state index contributed by atoms with van der Waals surface area (Å²) in [5.41, 5.74) is 0. The van der Waals surface area contributed by atoms with Crippen LogP contribution in [0.25, 0.3) is 0 Å². The summed E-state index contributed by atoms with van der Waals surface area (Å²) in [6.07, 6.45) is 0. The third-order valence-electron chi connectivity index (χ3n) is 3.62. The number of ether oxygens (including phenoxy) is 3. The van der Waals surface area contributed by atoms with E-state index in [0.29, 0.717) is 10.8 Å². The number of hydrogen-bond acceptors (Lipinski definition) is 10. The van der Waals surface area contributed by atoms with Crippen molar-refractivity contribution in [2.24, 2.45) is 0 Å². The van der Waals surface area contributed by atoms with Gasteiger partial charge in [-0.1, -0.05) is 24.0 Å². The molecule has 0 heterocycles. The van der Waals surface area contributed by atoms with E-state index in [4.69, 9.17) is 38.6 Å². The molecule has 0 bridgehead atoms. The number of rotatable bonds is 11. The standard InChI is InChI=1S/C19H31NO6S4/c1-8-24-17(28)30-19(6,7)16(23)26-12-10-20(13(2)21)9-11-25-15(22)18(4,5)29-14(3)27/h8-12H2,1-7H3. The SMILES string of the molecule is CCOC(=S)SC(C)(C)C(=O)OCCN(CCOC(=O)C(C)(C)SC(C)=S)C(C)=O. The Bertz CT molecular complexity index is 651. The smallest absolute Gasteiger partial charge is 0.322 e. The van der Waals surface area contributed by atoms with Crippen LogP contribution in [-0.2, 0) is 28.6 Å². The maximum absolute atomic E-state index is 12.3. The van der Waals surface area contributed by atoms with Gasteiger partial charge in [0.15, 0.2) is 0 Å². The van der Waals surface area contributed by atoms with Crippen molar-refractivity contribution in [1.29, 1.82) is 0 Å². The molecule has 0 aliphatic rings. The van der Waals surface area contributed by atoms with Crippen LogP contribution in [0.3, 0.4) is 0 Å². The highest BCUT2D eigenvalue weighted by Crippen LogP contribution is 2.28. The van der Waals surface area contributed by atoms with Crippen molar-refractivity contribution in [1.82, 2.24) is 4.90 Å². The zero-order valence-electron chi connectivity index (χ0n) is 18.6. The average Bonchev–Trinajstić information content (AvgIpc) is 2.58. The zero-order chi connectivity index (χ0) is 23.5. The summed E-state index contributed by atoms with van der Waals surface area (Å²) in [5.74, 6) is -1.08. The van der Waals surface area contributed by atoms with E-state index in [1.165, 1.54) is 23.6 Å². The van der Waals surface area contributed by atoms with Gasteiger partial charge >= 0.3 is 11.9 Å². The Labute approximate surface area is 198 Å². The fraction of sp³-hybridized carbons (Fsp3) is 0.737. The first-order valence-corrected chi connectivity index (χ1v) is 11.8. The molecule has 0 rings (SSSR count).